The van der Waals surface area contributed by atoms with Gasteiger partial charge in [0.2, 0.25) is 0 Å². The predicted molar refractivity (Wildman–Crippen MR) is 64.6 cm³/mol. The molecule has 0 aromatic heterocycles. The highest BCUT2D eigenvalue weighted by Gasteiger charge is 1.90. The number of hydrogen-bond acceptors (Lipinski definition) is 0. The van der Waals surface area contributed by atoms with E-state index in [4.69, 9.17) is 11.6 Å². The van der Waals surface area contributed by atoms with E-state index < -0.39 is 0 Å². The van der Waals surface area contributed by atoms with Gasteiger partial charge in [0.1, 0.15) is 0 Å². The Balaban J connectivity index is 2.40. The molecule has 0 heterocycles. The Morgan fingerprint density at radius 2 is 1.86 bits per heavy atom. The molecule has 1 heteroatoms. The molecule has 1 aromatic rings. The smallest absolute Gasteiger partial charge is 0.0406 e. The van der Waals surface area contributed by atoms with Gasteiger partial charge in [-0.2, -0.15) is 0 Å². The van der Waals surface area contributed by atoms with Crippen LogP contribution in [0.5, 0.6) is 0 Å². The van der Waals surface area contributed by atoms with Crippen LogP contribution in [0.1, 0.15) is 32.3 Å². The SMILES string of the molecule is CC(C)CC/C=C/c1ccc(Cl)cc1. The van der Waals surface area contributed by atoms with Crippen molar-refractivity contribution >= 4 is 17.7 Å². The summed E-state index contributed by atoms with van der Waals surface area (Å²) in [5, 5.41) is 0.796. The van der Waals surface area contributed by atoms with Crippen LogP contribution in [0.4, 0.5) is 0 Å². The van der Waals surface area contributed by atoms with Crippen molar-refractivity contribution in [2.75, 3.05) is 0 Å². The summed E-state index contributed by atoms with van der Waals surface area (Å²) < 4.78 is 0. The Hall–Kier alpha value is -0.750. The lowest BCUT2D eigenvalue weighted by molar-refractivity contribution is 0.595. The van der Waals surface area contributed by atoms with Crippen LogP contribution in [0.15, 0.2) is 30.3 Å². The van der Waals surface area contributed by atoms with Crippen molar-refractivity contribution in [3.63, 3.8) is 0 Å². The van der Waals surface area contributed by atoms with Crippen molar-refractivity contribution in [1.29, 1.82) is 0 Å². The minimum Gasteiger partial charge on any atom is -0.0843 e. The molecule has 0 nitrogen and oxygen atoms in total. The fourth-order valence-electron chi connectivity index (χ4n) is 1.22. The van der Waals surface area contributed by atoms with Crippen LogP contribution < -0.4 is 0 Å². The number of hydrogen-bond donors (Lipinski definition) is 0. The molecule has 0 aliphatic heterocycles. The molecule has 0 bridgehead atoms. The van der Waals surface area contributed by atoms with E-state index in [1.165, 1.54) is 12.0 Å². The first-order chi connectivity index (χ1) is 6.68. The Bertz CT molecular complexity index is 283. The van der Waals surface area contributed by atoms with E-state index in [-0.39, 0.29) is 0 Å². The second-order valence-electron chi connectivity index (χ2n) is 3.93. The van der Waals surface area contributed by atoms with Crippen LogP contribution in [-0.4, -0.2) is 0 Å². The quantitative estimate of drug-likeness (QED) is 0.668. The number of halogens is 1. The first-order valence-electron chi connectivity index (χ1n) is 5.10. The lowest BCUT2D eigenvalue weighted by Gasteiger charge is -1.99. The maximum atomic E-state index is 5.79. The summed E-state index contributed by atoms with van der Waals surface area (Å²) >= 11 is 5.79. The molecule has 0 saturated heterocycles. The highest BCUT2D eigenvalue weighted by Crippen LogP contribution is 2.11. The molecule has 0 fully saturated rings. The summed E-state index contributed by atoms with van der Waals surface area (Å²) in [5.41, 5.74) is 1.22. The van der Waals surface area contributed by atoms with Gasteiger partial charge in [-0.05, 0) is 36.5 Å². The van der Waals surface area contributed by atoms with Crippen LogP contribution in [-0.2, 0) is 0 Å². The van der Waals surface area contributed by atoms with Crippen LogP contribution in [0.25, 0.3) is 6.08 Å². The third-order valence-corrected chi connectivity index (χ3v) is 2.34. The predicted octanol–water partition coefficient (Wildman–Crippen LogP) is 4.79. The van der Waals surface area contributed by atoms with Gasteiger partial charge in [-0.15, -0.1) is 0 Å². The Labute approximate surface area is 91.6 Å². The zero-order valence-corrected chi connectivity index (χ0v) is 9.59. The number of allylic oxidation sites excluding steroid dienone is 1. The van der Waals surface area contributed by atoms with E-state index in [0.717, 1.165) is 17.4 Å². The van der Waals surface area contributed by atoms with Crippen molar-refractivity contribution in [3.8, 4) is 0 Å². The molecule has 0 amide bonds. The molecule has 1 rings (SSSR count). The molecule has 0 atom stereocenters. The molecular formula is C13H17Cl. The molecule has 14 heavy (non-hydrogen) atoms. The summed E-state index contributed by atoms with van der Waals surface area (Å²) in [5.74, 6) is 0.782. The largest absolute Gasteiger partial charge is 0.0843 e. The van der Waals surface area contributed by atoms with Gasteiger partial charge in [-0.1, -0.05) is 49.7 Å². The average Bonchev–Trinajstić information content (AvgIpc) is 2.15. The van der Waals surface area contributed by atoms with Gasteiger partial charge in [-0.25, -0.2) is 0 Å². The molecule has 0 spiro atoms. The highest BCUT2D eigenvalue weighted by atomic mass is 35.5. The lowest BCUT2D eigenvalue weighted by atomic mass is 10.1. The van der Waals surface area contributed by atoms with Gasteiger partial charge in [0, 0.05) is 5.02 Å². The van der Waals surface area contributed by atoms with E-state index in [9.17, 15) is 0 Å². The zero-order valence-electron chi connectivity index (χ0n) is 8.83. The van der Waals surface area contributed by atoms with Crippen molar-refractivity contribution in [1.82, 2.24) is 0 Å². The summed E-state index contributed by atoms with van der Waals surface area (Å²) in [6.07, 6.45) is 6.78. The van der Waals surface area contributed by atoms with E-state index in [1.54, 1.807) is 0 Å². The molecule has 0 saturated carbocycles. The summed E-state index contributed by atoms with van der Waals surface area (Å²) in [7, 11) is 0. The molecule has 0 unspecified atom stereocenters. The molecule has 0 aliphatic rings. The van der Waals surface area contributed by atoms with Gasteiger partial charge in [0.05, 0.1) is 0 Å². The fourth-order valence-corrected chi connectivity index (χ4v) is 1.35. The topological polar surface area (TPSA) is 0 Å². The zero-order chi connectivity index (χ0) is 10.4. The van der Waals surface area contributed by atoms with Gasteiger partial charge >= 0.3 is 0 Å². The van der Waals surface area contributed by atoms with E-state index in [0.29, 0.717) is 0 Å². The Kier molecular flexibility index (Phi) is 4.75. The molecule has 76 valence electrons. The summed E-state index contributed by atoms with van der Waals surface area (Å²) in [6.45, 7) is 4.49. The first-order valence-corrected chi connectivity index (χ1v) is 5.48. The highest BCUT2D eigenvalue weighted by molar-refractivity contribution is 6.30. The van der Waals surface area contributed by atoms with E-state index in [2.05, 4.69) is 26.0 Å². The Morgan fingerprint density at radius 3 is 2.43 bits per heavy atom. The summed E-state index contributed by atoms with van der Waals surface area (Å²) in [4.78, 5) is 0. The van der Waals surface area contributed by atoms with Crippen molar-refractivity contribution in [2.45, 2.75) is 26.7 Å². The molecule has 1 aromatic carbocycles. The lowest BCUT2D eigenvalue weighted by Crippen LogP contribution is -1.83. The molecular weight excluding hydrogens is 192 g/mol. The monoisotopic (exact) mass is 208 g/mol. The fraction of sp³-hybridized carbons (Fsp3) is 0.385. The minimum atomic E-state index is 0.782. The maximum Gasteiger partial charge on any atom is 0.0406 e. The Morgan fingerprint density at radius 1 is 1.21 bits per heavy atom. The molecule has 0 N–H and O–H groups in total. The van der Waals surface area contributed by atoms with Crippen molar-refractivity contribution in [2.24, 2.45) is 5.92 Å². The minimum absolute atomic E-state index is 0.782. The van der Waals surface area contributed by atoms with Crippen molar-refractivity contribution in [3.05, 3.63) is 40.9 Å². The number of rotatable bonds is 4. The second-order valence-corrected chi connectivity index (χ2v) is 4.36. The number of benzene rings is 1. The van der Waals surface area contributed by atoms with Gasteiger partial charge in [0.15, 0.2) is 0 Å². The van der Waals surface area contributed by atoms with Crippen LogP contribution in [0.2, 0.25) is 5.02 Å². The average molecular weight is 209 g/mol. The maximum absolute atomic E-state index is 5.79. The molecule has 0 radical (unpaired) electrons. The van der Waals surface area contributed by atoms with Gasteiger partial charge < -0.3 is 0 Å². The third-order valence-electron chi connectivity index (χ3n) is 2.09. The van der Waals surface area contributed by atoms with Gasteiger partial charge in [-0.3, -0.25) is 0 Å². The van der Waals surface area contributed by atoms with E-state index in [1.807, 2.05) is 24.3 Å². The van der Waals surface area contributed by atoms with Crippen LogP contribution >= 0.6 is 11.6 Å². The molecule has 0 aliphatic carbocycles. The standard InChI is InChI=1S/C13H17Cl/c1-11(2)5-3-4-6-12-7-9-13(14)10-8-12/h4,6-11H,3,5H2,1-2H3/b6-4+. The third kappa shape index (κ3) is 4.48. The van der Waals surface area contributed by atoms with E-state index >= 15 is 0 Å². The first kappa shape index (κ1) is 11.3. The van der Waals surface area contributed by atoms with Crippen molar-refractivity contribution < 1.29 is 0 Å². The van der Waals surface area contributed by atoms with Gasteiger partial charge in [0.25, 0.3) is 0 Å². The van der Waals surface area contributed by atoms with Crippen LogP contribution in [0, 0.1) is 5.92 Å². The normalized spacial score (nSPS) is 11.4. The second kappa shape index (κ2) is 5.87. The summed E-state index contributed by atoms with van der Waals surface area (Å²) in [6, 6.07) is 7.91. The van der Waals surface area contributed by atoms with Crippen LogP contribution in [0.3, 0.4) is 0 Å².